The summed E-state index contributed by atoms with van der Waals surface area (Å²) >= 11 is 0. The second-order valence-electron chi connectivity index (χ2n) is 7.53. The smallest absolute Gasteiger partial charge is 0.744 e. The molecule has 4 aromatic carbocycles. The molecule has 4 aromatic rings. The molecule has 0 atom stereocenters. The van der Waals surface area contributed by atoms with Crippen LogP contribution in [-0.4, -0.2) is 25.9 Å². The van der Waals surface area contributed by atoms with E-state index in [1.807, 2.05) is 0 Å². The number of hydrogen-bond donors (Lipinski definition) is 0. The maximum Gasteiger partial charge on any atom is 1.00 e. The van der Waals surface area contributed by atoms with Crippen LogP contribution in [0.4, 0.5) is 0 Å². The number of hydrogen-bond acceptors (Lipinski definition) is 6. The summed E-state index contributed by atoms with van der Waals surface area (Å²) in [5.74, 6) is 0. The van der Waals surface area contributed by atoms with Gasteiger partial charge in [-0.05, 0) is 57.6 Å². The minimum atomic E-state index is -4.88. The summed E-state index contributed by atoms with van der Waals surface area (Å²) in [4.78, 5) is -0.769. The molecule has 0 heterocycles. The summed E-state index contributed by atoms with van der Waals surface area (Å²) in [5, 5.41) is 1.71. The SMILES string of the molecule is Cc1cc2ccccc2c(S(=O)(=O)[O-])c1Cc1c(C)cc2ccccc2c1S(=O)(=O)[O-].[Na+].[Na+]. The third-order valence-corrected chi connectivity index (χ3v) is 7.44. The fourth-order valence-electron chi connectivity index (χ4n) is 4.17. The normalized spacial score (nSPS) is 11.8. The monoisotopic (exact) mass is 500 g/mol. The van der Waals surface area contributed by atoms with Gasteiger partial charge in [0.1, 0.15) is 20.2 Å². The van der Waals surface area contributed by atoms with Gasteiger partial charge in [-0.1, -0.05) is 60.7 Å². The molecule has 0 N–H and O–H groups in total. The van der Waals surface area contributed by atoms with E-state index in [9.17, 15) is 25.9 Å². The molecule has 10 heteroatoms. The van der Waals surface area contributed by atoms with Crippen molar-refractivity contribution in [1.82, 2.24) is 0 Å². The van der Waals surface area contributed by atoms with Crippen LogP contribution in [-0.2, 0) is 26.7 Å². The van der Waals surface area contributed by atoms with E-state index >= 15 is 0 Å². The Morgan fingerprint density at radius 2 is 0.970 bits per heavy atom. The second-order valence-corrected chi connectivity index (χ2v) is 10.2. The Labute approximate surface area is 237 Å². The standard InChI is InChI=1S/C23H20O6S2.2Na/c1-14-11-16-7-3-5-9-18(16)22(30(24,25)26)20(14)13-21-15(2)12-17-8-4-6-10-19(17)23(21)31(27,28)29;;/h3-12H,13H2,1-2H3,(H,24,25,26)(H,27,28,29);;/q;2*+1/p-2. The van der Waals surface area contributed by atoms with Gasteiger partial charge in [-0.3, -0.25) is 0 Å². The topological polar surface area (TPSA) is 114 Å². The molecular weight excluding hydrogens is 482 g/mol. The third kappa shape index (κ3) is 5.56. The molecule has 0 amide bonds. The maximum atomic E-state index is 12.3. The number of aryl methyl sites for hydroxylation is 2. The zero-order valence-corrected chi connectivity index (χ0v) is 24.4. The Morgan fingerprint density at radius 3 is 1.30 bits per heavy atom. The van der Waals surface area contributed by atoms with Crippen LogP contribution >= 0.6 is 0 Å². The van der Waals surface area contributed by atoms with E-state index in [4.69, 9.17) is 0 Å². The Kier molecular flexibility index (Phi) is 9.02. The van der Waals surface area contributed by atoms with E-state index in [1.165, 1.54) is 0 Å². The summed E-state index contributed by atoms with van der Waals surface area (Å²) in [6.07, 6.45) is -0.180. The molecule has 0 saturated carbocycles. The van der Waals surface area contributed by atoms with E-state index in [0.717, 1.165) is 0 Å². The van der Waals surface area contributed by atoms with Crippen molar-refractivity contribution in [2.45, 2.75) is 30.1 Å². The van der Waals surface area contributed by atoms with Gasteiger partial charge >= 0.3 is 59.1 Å². The first-order valence-corrected chi connectivity index (χ1v) is 12.2. The van der Waals surface area contributed by atoms with E-state index in [1.54, 1.807) is 74.5 Å². The molecule has 160 valence electrons. The molecule has 6 nitrogen and oxygen atoms in total. The fraction of sp³-hybridized carbons (Fsp3) is 0.130. The van der Waals surface area contributed by atoms with E-state index in [0.29, 0.717) is 21.9 Å². The minimum Gasteiger partial charge on any atom is -0.744 e. The van der Waals surface area contributed by atoms with Gasteiger partial charge in [0, 0.05) is 6.42 Å². The number of fused-ring (bicyclic) bond motifs is 2. The molecule has 0 aliphatic carbocycles. The van der Waals surface area contributed by atoms with Crippen LogP contribution in [0, 0.1) is 13.8 Å². The number of rotatable bonds is 4. The summed E-state index contributed by atoms with van der Waals surface area (Å²) < 4.78 is 73.5. The zero-order valence-electron chi connectivity index (χ0n) is 18.7. The van der Waals surface area contributed by atoms with Gasteiger partial charge in [-0.2, -0.15) is 0 Å². The largest absolute Gasteiger partial charge is 1.00 e. The molecule has 0 aliphatic rings. The molecule has 0 fully saturated rings. The van der Waals surface area contributed by atoms with Crippen molar-refractivity contribution in [2.75, 3.05) is 0 Å². The molecule has 33 heavy (non-hydrogen) atoms. The van der Waals surface area contributed by atoms with Crippen LogP contribution in [0.25, 0.3) is 21.5 Å². The Morgan fingerprint density at radius 1 is 0.636 bits per heavy atom. The van der Waals surface area contributed by atoms with Crippen molar-refractivity contribution in [3.8, 4) is 0 Å². The van der Waals surface area contributed by atoms with E-state index < -0.39 is 20.2 Å². The average molecular weight is 501 g/mol. The molecule has 0 radical (unpaired) electrons. The van der Waals surface area contributed by atoms with Gasteiger partial charge in [0.25, 0.3) is 0 Å². The van der Waals surface area contributed by atoms with Crippen LogP contribution in [0.5, 0.6) is 0 Å². The first kappa shape index (κ1) is 28.5. The Bertz CT molecular complexity index is 1460. The predicted molar refractivity (Wildman–Crippen MR) is 116 cm³/mol. The van der Waals surface area contributed by atoms with Crippen molar-refractivity contribution in [3.63, 3.8) is 0 Å². The van der Waals surface area contributed by atoms with Gasteiger partial charge in [0.2, 0.25) is 0 Å². The molecule has 0 aromatic heterocycles. The Hall–Kier alpha value is -0.780. The second kappa shape index (κ2) is 10.5. The van der Waals surface area contributed by atoms with Crippen LogP contribution in [0.3, 0.4) is 0 Å². The average Bonchev–Trinajstić information content (AvgIpc) is 2.66. The quantitative estimate of drug-likeness (QED) is 0.237. The summed E-state index contributed by atoms with van der Waals surface area (Å²) in [7, 11) is -9.77. The van der Waals surface area contributed by atoms with Gasteiger partial charge < -0.3 is 9.11 Å². The molecule has 4 rings (SSSR count). The van der Waals surface area contributed by atoms with E-state index in [-0.39, 0.29) is 97.2 Å². The van der Waals surface area contributed by atoms with Crippen molar-refractivity contribution < 1.29 is 85.1 Å². The molecule has 0 bridgehead atoms. The van der Waals surface area contributed by atoms with Crippen LogP contribution in [0.1, 0.15) is 22.3 Å². The van der Waals surface area contributed by atoms with Crippen molar-refractivity contribution in [2.24, 2.45) is 0 Å². The van der Waals surface area contributed by atoms with Gasteiger partial charge in [0.05, 0.1) is 9.79 Å². The third-order valence-electron chi connectivity index (χ3n) is 5.51. The minimum absolute atomic E-state index is 0. The summed E-state index contributed by atoms with van der Waals surface area (Å²) in [6.45, 7) is 3.33. The maximum absolute atomic E-state index is 12.3. The van der Waals surface area contributed by atoms with Crippen LogP contribution < -0.4 is 59.1 Å². The summed E-state index contributed by atoms with van der Waals surface area (Å²) in [5.41, 5.74) is 1.43. The van der Waals surface area contributed by atoms with Crippen LogP contribution in [0.15, 0.2) is 70.5 Å². The van der Waals surface area contributed by atoms with Crippen molar-refractivity contribution in [1.29, 1.82) is 0 Å². The van der Waals surface area contributed by atoms with E-state index in [2.05, 4.69) is 0 Å². The number of benzene rings is 4. The van der Waals surface area contributed by atoms with Crippen LogP contribution in [0.2, 0.25) is 0 Å². The molecule has 0 spiro atoms. The molecule has 0 saturated heterocycles. The summed E-state index contributed by atoms with van der Waals surface area (Å²) in [6, 6.07) is 16.7. The zero-order chi connectivity index (χ0) is 22.6. The molecule has 0 aliphatic heterocycles. The first-order chi connectivity index (χ1) is 14.5. The predicted octanol–water partition coefficient (Wildman–Crippen LogP) is -1.98. The van der Waals surface area contributed by atoms with Gasteiger partial charge in [0.15, 0.2) is 0 Å². The van der Waals surface area contributed by atoms with Crippen molar-refractivity contribution >= 4 is 41.8 Å². The molecule has 0 unspecified atom stereocenters. The Balaban J connectivity index is 0.00000193. The van der Waals surface area contributed by atoms with Gasteiger partial charge in [-0.25, -0.2) is 16.8 Å². The van der Waals surface area contributed by atoms with Crippen molar-refractivity contribution in [3.05, 3.63) is 82.9 Å². The fourth-order valence-corrected chi connectivity index (χ4v) is 6.15. The van der Waals surface area contributed by atoms with Gasteiger partial charge in [-0.15, -0.1) is 0 Å². The molecular formula is C23H18Na2O6S2. The first-order valence-electron chi connectivity index (χ1n) is 9.42.